The van der Waals surface area contributed by atoms with E-state index >= 15 is 0 Å². The molecule has 0 aliphatic rings. The molecule has 1 rings (SSSR count). The quantitative estimate of drug-likeness (QED) is 0.345. The SMILES string of the molecule is [C-]#Cc1c(Br)cccc1[N+](=O)[O-].[CH2]=[Co]. The van der Waals surface area contributed by atoms with Crippen LogP contribution in [0.25, 0.3) is 0 Å². The molecule has 0 N–H and O–H groups in total. The van der Waals surface area contributed by atoms with Gasteiger partial charge in [-0.2, -0.15) is 0 Å². The fourth-order valence-electron chi connectivity index (χ4n) is 0.789. The van der Waals surface area contributed by atoms with Crippen molar-refractivity contribution in [2.75, 3.05) is 0 Å². The van der Waals surface area contributed by atoms with Crippen LogP contribution in [0.15, 0.2) is 22.7 Å². The minimum atomic E-state index is -0.540. The number of nitro benzene ring substituents is 1. The van der Waals surface area contributed by atoms with Crippen LogP contribution in [0.5, 0.6) is 0 Å². The molecule has 0 atom stereocenters. The zero-order chi connectivity index (χ0) is 11.1. The Bertz CT molecular complexity index is 387. The van der Waals surface area contributed by atoms with Gasteiger partial charge in [-0.15, -0.1) is 0 Å². The van der Waals surface area contributed by atoms with Crippen molar-refractivity contribution in [2.45, 2.75) is 0 Å². The Balaban J connectivity index is 0.000000791. The van der Waals surface area contributed by atoms with Crippen molar-refractivity contribution < 1.29 is 20.2 Å². The molecule has 0 unspecified atom stereocenters. The molecule has 1 aromatic carbocycles. The molecule has 75 valence electrons. The summed E-state index contributed by atoms with van der Waals surface area (Å²) in [5, 5.41) is 10.4. The summed E-state index contributed by atoms with van der Waals surface area (Å²) in [6, 6.07) is 4.51. The summed E-state index contributed by atoms with van der Waals surface area (Å²) >= 11 is 6.40. The summed E-state index contributed by atoms with van der Waals surface area (Å²) in [5.74, 6) is 2.01. The molecular formula is C9H5BrCoNO2-. The monoisotopic (exact) mass is 297 g/mol. The van der Waals surface area contributed by atoms with Crippen LogP contribution in [0, 0.1) is 22.5 Å². The van der Waals surface area contributed by atoms with Crippen LogP contribution >= 0.6 is 15.9 Å². The predicted octanol–water partition coefficient (Wildman–Crippen LogP) is 2.26. The van der Waals surface area contributed by atoms with E-state index < -0.39 is 4.92 Å². The van der Waals surface area contributed by atoms with Gasteiger partial charge < -0.3 is 6.42 Å². The molecular weight excluding hydrogens is 293 g/mol. The third-order valence-electron chi connectivity index (χ3n) is 1.31. The molecule has 0 saturated carbocycles. The fraction of sp³-hybridized carbons (Fsp3) is 0. The van der Waals surface area contributed by atoms with Gasteiger partial charge in [0.25, 0.3) is 0 Å². The Morgan fingerprint density at radius 3 is 2.50 bits per heavy atom. The van der Waals surface area contributed by atoms with Crippen LogP contribution in [0.2, 0.25) is 0 Å². The molecule has 3 nitrogen and oxygen atoms in total. The summed E-state index contributed by atoms with van der Waals surface area (Å²) in [6.07, 6.45) is 6.83. The minimum absolute atomic E-state index is 0.112. The zero-order valence-electron chi connectivity index (χ0n) is 6.91. The van der Waals surface area contributed by atoms with Crippen molar-refractivity contribution in [1.29, 1.82) is 0 Å². The molecule has 0 aliphatic heterocycles. The molecule has 5 heteroatoms. The van der Waals surface area contributed by atoms with Crippen molar-refractivity contribution in [3.8, 4) is 5.92 Å². The van der Waals surface area contributed by atoms with Gasteiger partial charge in [0, 0.05) is 4.92 Å². The number of hydrogen-bond donors (Lipinski definition) is 0. The summed E-state index contributed by atoms with van der Waals surface area (Å²) in [5.41, 5.74) is 2.99. The van der Waals surface area contributed by atoms with Gasteiger partial charge in [-0.25, -0.2) is 0 Å². The maximum atomic E-state index is 10.4. The second-order valence-corrected chi connectivity index (χ2v) is 2.87. The van der Waals surface area contributed by atoms with E-state index in [9.17, 15) is 10.1 Å². The standard InChI is InChI=1S/C8H3BrNO2.CH2.Co/c1-2-6-7(9)4-3-5-8(6)10(11)12;;/h3-5H;1H2;/q-1;;. The van der Waals surface area contributed by atoms with Gasteiger partial charge in [-0.05, 0) is 16.1 Å². The first-order chi connectivity index (χ1) is 6.66. The summed E-state index contributed by atoms with van der Waals surface area (Å²) in [6.45, 7) is 0. The van der Waals surface area contributed by atoms with Crippen molar-refractivity contribution in [2.24, 2.45) is 0 Å². The molecule has 0 heterocycles. The third-order valence-corrected chi connectivity index (χ3v) is 1.97. The molecule has 0 aromatic heterocycles. The Kier molecular flexibility index (Phi) is 6.04. The van der Waals surface area contributed by atoms with E-state index in [1.165, 1.54) is 6.07 Å². The molecule has 0 amide bonds. The average Bonchev–Trinajstić information content (AvgIpc) is 2.20. The van der Waals surface area contributed by atoms with Gasteiger partial charge >= 0.3 is 20.8 Å². The Labute approximate surface area is 97.9 Å². The first-order valence-electron chi connectivity index (χ1n) is 3.26. The number of rotatable bonds is 1. The van der Waals surface area contributed by atoms with E-state index in [0.29, 0.717) is 4.47 Å². The predicted molar refractivity (Wildman–Crippen MR) is 54.2 cm³/mol. The summed E-state index contributed by atoms with van der Waals surface area (Å²) < 4.78 is 0.506. The Hall–Kier alpha value is -0.964. The van der Waals surface area contributed by atoms with Crippen molar-refractivity contribution in [3.63, 3.8) is 0 Å². The van der Waals surface area contributed by atoms with Gasteiger partial charge in [-0.3, -0.25) is 16.0 Å². The van der Waals surface area contributed by atoms with E-state index in [4.69, 9.17) is 6.42 Å². The number of nitro groups is 1. The fourth-order valence-corrected chi connectivity index (χ4v) is 1.24. The molecule has 0 radical (unpaired) electrons. The number of halogens is 1. The van der Waals surface area contributed by atoms with E-state index in [1.54, 1.807) is 12.1 Å². The second kappa shape index (κ2) is 6.48. The van der Waals surface area contributed by atoms with Crippen LogP contribution in [-0.4, -0.2) is 10.4 Å². The Morgan fingerprint density at radius 1 is 1.57 bits per heavy atom. The van der Waals surface area contributed by atoms with E-state index in [2.05, 4.69) is 36.7 Å². The van der Waals surface area contributed by atoms with E-state index in [1.807, 2.05) is 5.92 Å². The first kappa shape index (κ1) is 13.0. The van der Waals surface area contributed by atoms with E-state index in [-0.39, 0.29) is 11.3 Å². The molecule has 0 saturated heterocycles. The van der Waals surface area contributed by atoms with Gasteiger partial charge in [0.2, 0.25) is 5.69 Å². The van der Waals surface area contributed by atoms with Gasteiger partial charge in [-0.1, -0.05) is 28.1 Å². The number of hydrogen-bond acceptors (Lipinski definition) is 2. The normalized spacial score (nSPS) is 8.07. The topological polar surface area (TPSA) is 43.1 Å². The first-order valence-corrected chi connectivity index (χ1v) is 4.79. The average molecular weight is 298 g/mol. The van der Waals surface area contributed by atoms with Crippen molar-refractivity contribution in [1.82, 2.24) is 0 Å². The van der Waals surface area contributed by atoms with E-state index in [0.717, 1.165) is 0 Å². The van der Waals surface area contributed by atoms with Crippen LogP contribution < -0.4 is 0 Å². The molecule has 0 bridgehead atoms. The number of benzene rings is 1. The van der Waals surface area contributed by atoms with Gasteiger partial charge in [0.1, 0.15) is 0 Å². The third kappa shape index (κ3) is 3.07. The molecule has 0 fully saturated rings. The van der Waals surface area contributed by atoms with Gasteiger partial charge in [0.15, 0.2) is 0 Å². The summed E-state index contributed by atoms with van der Waals surface area (Å²) in [4.78, 5) is 9.85. The van der Waals surface area contributed by atoms with Gasteiger partial charge in [0.05, 0.1) is 0 Å². The summed E-state index contributed by atoms with van der Waals surface area (Å²) in [7, 11) is 0. The number of nitrogens with zero attached hydrogens (tertiary/aromatic N) is 1. The molecule has 0 spiro atoms. The molecule has 1 aromatic rings. The van der Waals surface area contributed by atoms with Crippen molar-refractivity contribution >= 4 is 27.1 Å². The van der Waals surface area contributed by atoms with Crippen LogP contribution in [0.4, 0.5) is 5.69 Å². The van der Waals surface area contributed by atoms with Crippen LogP contribution in [0.3, 0.4) is 0 Å². The maximum absolute atomic E-state index is 10.4. The molecule has 14 heavy (non-hydrogen) atoms. The van der Waals surface area contributed by atoms with Crippen molar-refractivity contribution in [3.05, 3.63) is 44.8 Å². The van der Waals surface area contributed by atoms with Crippen LogP contribution in [-0.2, 0) is 15.3 Å². The zero-order valence-corrected chi connectivity index (χ0v) is 9.54. The molecule has 0 aliphatic carbocycles. The van der Waals surface area contributed by atoms with Crippen LogP contribution in [0.1, 0.15) is 5.56 Å². The second-order valence-electron chi connectivity index (χ2n) is 2.02. The Morgan fingerprint density at radius 2 is 2.14 bits per heavy atom.